The summed E-state index contributed by atoms with van der Waals surface area (Å²) in [6.07, 6.45) is 4.01. The van der Waals surface area contributed by atoms with Gasteiger partial charge in [0.1, 0.15) is 18.0 Å². The van der Waals surface area contributed by atoms with Crippen molar-refractivity contribution in [2.75, 3.05) is 11.9 Å². The monoisotopic (exact) mass is 365 g/mol. The topological polar surface area (TPSA) is 37.8 Å². The van der Waals surface area contributed by atoms with Gasteiger partial charge in [-0.05, 0) is 58.6 Å². The number of aryl methyl sites for hydroxylation is 1. The van der Waals surface area contributed by atoms with Gasteiger partial charge >= 0.3 is 0 Å². The molecule has 2 aromatic heterocycles. The molecule has 21 heavy (non-hydrogen) atoms. The molecule has 0 aliphatic carbocycles. The molecule has 1 aromatic carbocycles. The van der Waals surface area contributed by atoms with Gasteiger partial charge in [-0.15, -0.1) is 11.3 Å². The van der Waals surface area contributed by atoms with Crippen LogP contribution in [0.15, 0.2) is 34.5 Å². The van der Waals surface area contributed by atoms with E-state index in [9.17, 15) is 4.39 Å². The van der Waals surface area contributed by atoms with Gasteiger partial charge in [0.15, 0.2) is 0 Å². The van der Waals surface area contributed by atoms with E-state index in [1.54, 1.807) is 29.7 Å². The minimum atomic E-state index is -0.185. The predicted octanol–water partition coefficient (Wildman–Crippen LogP) is 4.56. The van der Waals surface area contributed by atoms with E-state index in [1.807, 2.05) is 13.0 Å². The number of hydrogen-bond donors (Lipinski definition) is 1. The summed E-state index contributed by atoms with van der Waals surface area (Å²) in [6.45, 7) is 2.67. The molecule has 0 saturated carbocycles. The number of aromatic nitrogens is 2. The highest BCUT2D eigenvalue weighted by molar-refractivity contribution is 9.11. The van der Waals surface area contributed by atoms with Crippen molar-refractivity contribution in [2.45, 2.75) is 13.3 Å². The van der Waals surface area contributed by atoms with Crippen LogP contribution in [0, 0.1) is 12.7 Å². The summed E-state index contributed by atoms with van der Waals surface area (Å²) in [5.41, 5.74) is 2.12. The molecule has 3 rings (SSSR count). The number of halogens is 2. The van der Waals surface area contributed by atoms with Crippen molar-refractivity contribution >= 4 is 43.2 Å². The zero-order chi connectivity index (χ0) is 14.8. The van der Waals surface area contributed by atoms with Crippen molar-refractivity contribution < 1.29 is 4.39 Å². The second kappa shape index (κ2) is 6.07. The number of hydrogen-bond acceptors (Lipinski definition) is 4. The highest BCUT2D eigenvalue weighted by Gasteiger charge is 2.13. The summed E-state index contributed by atoms with van der Waals surface area (Å²) in [5.74, 6) is 0.610. The lowest BCUT2D eigenvalue weighted by Crippen LogP contribution is -2.06. The molecule has 2 heterocycles. The molecule has 3 aromatic rings. The number of thiophene rings is 1. The number of nitrogens with zero attached hydrogens (tertiary/aromatic N) is 2. The van der Waals surface area contributed by atoms with E-state index in [4.69, 9.17) is 0 Å². The third-order valence-corrected chi connectivity index (χ3v) is 5.39. The second-order valence-corrected chi connectivity index (χ2v) is 7.06. The minimum absolute atomic E-state index is 0.185. The lowest BCUT2D eigenvalue weighted by Gasteiger charge is -2.05. The van der Waals surface area contributed by atoms with Crippen molar-refractivity contribution in [1.82, 2.24) is 9.97 Å². The van der Waals surface area contributed by atoms with E-state index in [0.29, 0.717) is 0 Å². The second-order valence-electron chi connectivity index (χ2n) is 4.73. The van der Waals surface area contributed by atoms with Crippen molar-refractivity contribution in [3.05, 3.63) is 51.5 Å². The first kappa shape index (κ1) is 14.4. The standard InChI is InChI=1S/C15H13BrFN3S/c1-9-6-10(17)7-12-11(15(16)21-14(9)12)2-5-19-13-3-4-18-8-20-13/h3-4,6-8H,2,5H2,1H3,(H,18,19,20). The maximum atomic E-state index is 13.6. The SMILES string of the molecule is Cc1cc(F)cc2c(CCNc3ccncn3)c(Br)sc12. The smallest absolute Gasteiger partial charge is 0.129 e. The molecule has 0 aliphatic rings. The zero-order valence-electron chi connectivity index (χ0n) is 11.4. The normalized spacial score (nSPS) is 11.0. The van der Waals surface area contributed by atoms with Crippen molar-refractivity contribution in [1.29, 1.82) is 0 Å². The fraction of sp³-hybridized carbons (Fsp3) is 0.200. The Labute approximate surface area is 134 Å². The van der Waals surface area contributed by atoms with E-state index >= 15 is 0 Å². The molecule has 0 bridgehead atoms. The van der Waals surface area contributed by atoms with Crippen LogP contribution < -0.4 is 5.32 Å². The van der Waals surface area contributed by atoms with Crippen LogP contribution in [0.25, 0.3) is 10.1 Å². The first-order valence-electron chi connectivity index (χ1n) is 6.52. The Morgan fingerprint density at radius 1 is 1.38 bits per heavy atom. The number of rotatable bonds is 4. The molecule has 1 N–H and O–H groups in total. The zero-order valence-corrected chi connectivity index (χ0v) is 13.8. The Morgan fingerprint density at radius 2 is 2.24 bits per heavy atom. The molecule has 0 atom stereocenters. The van der Waals surface area contributed by atoms with Gasteiger partial charge in [-0.2, -0.15) is 0 Å². The average molecular weight is 366 g/mol. The van der Waals surface area contributed by atoms with Crippen LogP contribution in [0.4, 0.5) is 10.2 Å². The lowest BCUT2D eigenvalue weighted by atomic mass is 10.1. The summed E-state index contributed by atoms with van der Waals surface area (Å²) in [5, 5.41) is 4.24. The van der Waals surface area contributed by atoms with Gasteiger partial charge < -0.3 is 5.32 Å². The minimum Gasteiger partial charge on any atom is -0.370 e. The highest BCUT2D eigenvalue weighted by Crippen LogP contribution is 2.38. The molecule has 6 heteroatoms. The number of nitrogens with one attached hydrogen (secondary N) is 1. The maximum Gasteiger partial charge on any atom is 0.129 e. The van der Waals surface area contributed by atoms with Crippen LogP contribution in [0.1, 0.15) is 11.1 Å². The molecule has 0 fully saturated rings. The van der Waals surface area contributed by atoms with Crippen LogP contribution in [0.3, 0.4) is 0 Å². The third-order valence-electron chi connectivity index (χ3n) is 3.26. The first-order chi connectivity index (χ1) is 10.1. The Balaban J connectivity index is 1.82. The van der Waals surface area contributed by atoms with Crippen molar-refractivity contribution in [3.8, 4) is 0 Å². The Kier molecular flexibility index (Phi) is 4.17. The Bertz CT molecular complexity index is 773. The van der Waals surface area contributed by atoms with Crippen LogP contribution in [-0.4, -0.2) is 16.5 Å². The van der Waals surface area contributed by atoms with Gasteiger partial charge in [-0.3, -0.25) is 0 Å². The number of fused-ring (bicyclic) bond motifs is 1. The lowest BCUT2D eigenvalue weighted by molar-refractivity contribution is 0.628. The fourth-order valence-electron chi connectivity index (χ4n) is 2.29. The van der Waals surface area contributed by atoms with E-state index in [-0.39, 0.29) is 5.82 Å². The molecule has 0 radical (unpaired) electrons. The fourth-order valence-corrected chi connectivity index (χ4v) is 4.21. The molecular formula is C15H13BrFN3S. The van der Waals surface area contributed by atoms with E-state index < -0.39 is 0 Å². The molecule has 0 amide bonds. The molecular weight excluding hydrogens is 353 g/mol. The summed E-state index contributed by atoms with van der Waals surface area (Å²) in [4.78, 5) is 8.00. The van der Waals surface area contributed by atoms with Crippen molar-refractivity contribution in [3.63, 3.8) is 0 Å². The third kappa shape index (κ3) is 3.06. The molecule has 3 nitrogen and oxygen atoms in total. The quantitative estimate of drug-likeness (QED) is 0.736. The summed E-state index contributed by atoms with van der Waals surface area (Å²) in [7, 11) is 0. The Hall–Kier alpha value is -1.53. The largest absolute Gasteiger partial charge is 0.370 e. The van der Waals surface area contributed by atoms with E-state index in [2.05, 4.69) is 31.2 Å². The maximum absolute atomic E-state index is 13.6. The Morgan fingerprint density at radius 3 is 3.00 bits per heavy atom. The van der Waals surface area contributed by atoms with Crippen LogP contribution in [0.5, 0.6) is 0 Å². The van der Waals surface area contributed by atoms with Gasteiger partial charge in [0.2, 0.25) is 0 Å². The van der Waals surface area contributed by atoms with E-state index in [0.717, 1.165) is 43.8 Å². The van der Waals surface area contributed by atoms with Gasteiger partial charge in [0.25, 0.3) is 0 Å². The van der Waals surface area contributed by atoms with Crippen LogP contribution >= 0.6 is 27.3 Å². The highest BCUT2D eigenvalue weighted by atomic mass is 79.9. The molecule has 108 valence electrons. The van der Waals surface area contributed by atoms with Gasteiger partial charge in [0, 0.05) is 22.8 Å². The van der Waals surface area contributed by atoms with Gasteiger partial charge in [-0.25, -0.2) is 14.4 Å². The van der Waals surface area contributed by atoms with Crippen molar-refractivity contribution in [2.24, 2.45) is 0 Å². The average Bonchev–Trinajstić information content (AvgIpc) is 2.77. The molecule has 0 unspecified atom stereocenters. The number of anilines is 1. The summed E-state index contributed by atoms with van der Waals surface area (Å²) < 4.78 is 15.8. The number of benzene rings is 1. The molecule has 0 aliphatic heterocycles. The predicted molar refractivity (Wildman–Crippen MR) is 88.4 cm³/mol. The van der Waals surface area contributed by atoms with Crippen LogP contribution in [-0.2, 0) is 6.42 Å². The van der Waals surface area contributed by atoms with E-state index in [1.165, 1.54) is 6.33 Å². The van der Waals surface area contributed by atoms with Gasteiger partial charge in [0.05, 0.1) is 3.79 Å². The molecule has 0 saturated heterocycles. The van der Waals surface area contributed by atoms with Crippen LogP contribution in [0.2, 0.25) is 0 Å². The first-order valence-corrected chi connectivity index (χ1v) is 8.13. The summed E-state index contributed by atoms with van der Waals surface area (Å²) in [6, 6.07) is 5.02. The van der Waals surface area contributed by atoms with Gasteiger partial charge in [-0.1, -0.05) is 0 Å². The summed E-state index contributed by atoms with van der Waals surface area (Å²) >= 11 is 5.25. The molecule has 0 spiro atoms.